The van der Waals surface area contributed by atoms with Crippen molar-refractivity contribution < 1.29 is 18.7 Å². The van der Waals surface area contributed by atoms with Crippen LogP contribution in [0.25, 0.3) is 0 Å². The Bertz CT molecular complexity index is 425. The fourth-order valence-corrected chi connectivity index (χ4v) is 1.60. The average Bonchev–Trinajstić information content (AvgIpc) is 2.34. The zero-order valence-corrected chi connectivity index (χ0v) is 11.2. The number of benzene rings is 1. The number of hydrogen-bond donors (Lipinski definition) is 1. The molecule has 0 saturated heterocycles. The second kappa shape index (κ2) is 6.53. The number of methoxy groups -OCH3 is 1. The van der Waals surface area contributed by atoms with Crippen LogP contribution in [0, 0.1) is 5.82 Å². The maximum atomic E-state index is 12.9. The summed E-state index contributed by atoms with van der Waals surface area (Å²) in [6, 6.07) is 5.34. The molecule has 1 amide bonds. The van der Waals surface area contributed by atoms with Gasteiger partial charge in [0, 0.05) is 12.1 Å². The Morgan fingerprint density at radius 1 is 1.53 bits per heavy atom. The molecule has 0 heterocycles. The minimum Gasteiger partial charge on any atom is -0.468 e. The van der Waals surface area contributed by atoms with Crippen LogP contribution in [0.15, 0.2) is 24.3 Å². The van der Waals surface area contributed by atoms with Gasteiger partial charge in [-0.1, -0.05) is 28.7 Å². The van der Waals surface area contributed by atoms with E-state index in [4.69, 9.17) is 0 Å². The summed E-state index contributed by atoms with van der Waals surface area (Å²) in [7, 11) is 1.28. The minimum absolute atomic E-state index is 0.141. The molecular weight excluding hydrogens is 340 g/mol. The normalized spacial score (nSPS) is 11.7. The number of ether oxygens (including phenoxy) is 1. The maximum absolute atomic E-state index is 12.9. The van der Waals surface area contributed by atoms with E-state index in [9.17, 15) is 14.0 Å². The summed E-state index contributed by atoms with van der Waals surface area (Å²) >= 11 is 1.86. The molecule has 0 saturated carbocycles. The van der Waals surface area contributed by atoms with Crippen molar-refractivity contribution in [2.75, 3.05) is 13.7 Å². The molecule has 4 nitrogen and oxygen atoms in total. The standard InChI is InChI=1S/C11H11FINO3/c1-17-11(16)9(13)6-14-10(15)7-3-2-4-8(12)5-7/h2-5,9H,6H2,1H3,(H,14,15). The lowest BCUT2D eigenvalue weighted by atomic mass is 10.2. The summed E-state index contributed by atoms with van der Waals surface area (Å²) in [6.45, 7) is 0.141. The van der Waals surface area contributed by atoms with E-state index < -0.39 is 21.6 Å². The van der Waals surface area contributed by atoms with E-state index >= 15 is 0 Å². The van der Waals surface area contributed by atoms with Gasteiger partial charge < -0.3 is 10.1 Å². The van der Waals surface area contributed by atoms with Crippen molar-refractivity contribution >= 4 is 34.5 Å². The molecule has 1 rings (SSSR count). The maximum Gasteiger partial charge on any atom is 0.320 e. The van der Waals surface area contributed by atoms with Gasteiger partial charge in [0.05, 0.1) is 7.11 Å². The van der Waals surface area contributed by atoms with Crippen LogP contribution in [-0.4, -0.2) is 29.5 Å². The Balaban J connectivity index is 2.53. The van der Waals surface area contributed by atoms with Crippen LogP contribution in [-0.2, 0) is 9.53 Å². The molecule has 6 heteroatoms. The van der Waals surface area contributed by atoms with Gasteiger partial charge in [0.1, 0.15) is 9.74 Å². The number of hydrogen-bond acceptors (Lipinski definition) is 3. The zero-order valence-electron chi connectivity index (χ0n) is 9.07. The lowest BCUT2D eigenvalue weighted by Crippen LogP contribution is -2.33. The summed E-state index contributed by atoms with van der Waals surface area (Å²) in [5.74, 6) is -1.31. The fourth-order valence-electron chi connectivity index (χ4n) is 1.13. The lowest BCUT2D eigenvalue weighted by molar-refractivity contribution is -0.139. The number of halogens is 2. The van der Waals surface area contributed by atoms with Gasteiger partial charge in [-0.3, -0.25) is 9.59 Å². The molecule has 17 heavy (non-hydrogen) atoms. The molecule has 0 fully saturated rings. The number of alkyl halides is 1. The second-order valence-corrected chi connectivity index (χ2v) is 4.71. The molecule has 1 unspecified atom stereocenters. The first-order valence-corrected chi connectivity index (χ1v) is 6.05. The first kappa shape index (κ1) is 13.9. The molecule has 0 aliphatic carbocycles. The smallest absolute Gasteiger partial charge is 0.320 e. The Morgan fingerprint density at radius 2 is 2.24 bits per heavy atom. The van der Waals surface area contributed by atoms with Crippen LogP contribution in [0.3, 0.4) is 0 Å². The summed E-state index contributed by atoms with van der Waals surface area (Å²) in [5.41, 5.74) is 0.221. The van der Waals surface area contributed by atoms with E-state index in [0.717, 1.165) is 6.07 Å². The molecule has 1 aromatic carbocycles. The topological polar surface area (TPSA) is 55.4 Å². The monoisotopic (exact) mass is 351 g/mol. The summed E-state index contributed by atoms with van der Waals surface area (Å²) in [4.78, 5) is 22.7. The highest BCUT2D eigenvalue weighted by Crippen LogP contribution is 2.05. The molecule has 0 spiro atoms. The molecule has 92 valence electrons. The second-order valence-electron chi connectivity index (χ2n) is 3.21. The number of nitrogens with one attached hydrogen (secondary N) is 1. The van der Waals surface area contributed by atoms with Crippen LogP contribution >= 0.6 is 22.6 Å². The first-order valence-electron chi connectivity index (χ1n) is 4.80. The molecule has 1 atom stereocenters. The van der Waals surface area contributed by atoms with Crippen LogP contribution in [0.1, 0.15) is 10.4 Å². The third-order valence-electron chi connectivity index (χ3n) is 1.99. The Morgan fingerprint density at radius 3 is 2.82 bits per heavy atom. The summed E-state index contributed by atoms with van der Waals surface area (Å²) in [6.07, 6.45) is 0. The van der Waals surface area contributed by atoms with Crippen molar-refractivity contribution in [3.05, 3.63) is 35.6 Å². The van der Waals surface area contributed by atoms with Gasteiger partial charge in [0.25, 0.3) is 5.91 Å². The Kier molecular flexibility index (Phi) is 5.33. The number of esters is 1. The van der Waals surface area contributed by atoms with E-state index in [1.54, 1.807) is 0 Å². The third-order valence-corrected chi connectivity index (χ3v) is 2.93. The molecule has 0 aromatic heterocycles. The van der Waals surface area contributed by atoms with E-state index in [1.807, 2.05) is 22.6 Å². The Hall–Kier alpha value is -1.18. The van der Waals surface area contributed by atoms with Gasteiger partial charge >= 0.3 is 5.97 Å². The zero-order chi connectivity index (χ0) is 12.8. The van der Waals surface area contributed by atoms with Crippen LogP contribution < -0.4 is 5.32 Å². The lowest BCUT2D eigenvalue weighted by Gasteiger charge is -2.09. The van der Waals surface area contributed by atoms with Crippen LogP contribution in [0.4, 0.5) is 4.39 Å². The number of carbonyl (C=O) groups excluding carboxylic acids is 2. The molecule has 0 aliphatic rings. The SMILES string of the molecule is COC(=O)C(I)CNC(=O)c1cccc(F)c1. The quantitative estimate of drug-likeness (QED) is 0.509. The van der Waals surface area contributed by atoms with Crippen LogP contribution in [0.2, 0.25) is 0 Å². The molecule has 0 aliphatic heterocycles. The predicted molar refractivity (Wildman–Crippen MR) is 68.6 cm³/mol. The largest absolute Gasteiger partial charge is 0.468 e. The van der Waals surface area contributed by atoms with Crippen molar-refractivity contribution in [2.45, 2.75) is 3.92 Å². The van der Waals surface area contributed by atoms with E-state index in [2.05, 4.69) is 10.1 Å². The number of amides is 1. The van der Waals surface area contributed by atoms with Gasteiger partial charge in [0.2, 0.25) is 0 Å². The highest BCUT2D eigenvalue weighted by atomic mass is 127. The number of rotatable bonds is 4. The highest BCUT2D eigenvalue weighted by molar-refractivity contribution is 14.1. The van der Waals surface area contributed by atoms with Gasteiger partial charge in [-0.2, -0.15) is 0 Å². The molecule has 1 aromatic rings. The summed E-state index contributed by atoms with van der Waals surface area (Å²) < 4.78 is 16.9. The van der Waals surface area contributed by atoms with E-state index in [-0.39, 0.29) is 12.1 Å². The summed E-state index contributed by atoms with van der Waals surface area (Å²) in [5, 5.41) is 2.53. The number of carbonyl (C=O) groups is 2. The Labute approximate surface area is 112 Å². The van der Waals surface area contributed by atoms with Crippen LogP contribution in [0.5, 0.6) is 0 Å². The molecule has 0 bridgehead atoms. The molecule has 1 N–H and O–H groups in total. The molecule has 0 radical (unpaired) electrons. The minimum atomic E-state index is -0.475. The van der Waals surface area contributed by atoms with Gasteiger partial charge in [-0.05, 0) is 18.2 Å². The van der Waals surface area contributed by atoms with Gasteiger partial charge in [0.15, 0.2) is 0 Å². The predicted octanol–water partition coefficient (Wildman–Crippen LogP) is 1.53. The fraction of sp³-hybridized carbons (Fsp3) is 0.273. The van der Waals surface area contributed by atoms with Gasteiger partial charge in [-0.15, -0.1) is 0 Å². The van der Waals surface area contributed by atoms with E-state index in [0.29, 0.717) is 0 Å². The van der Waals surface area contributed by atoms with Crippen molar-refractivity contribution in [3.63, 3.8) is 0 Å². The van der Waals surface area contributed by atoms with Crippen molar-refractivity contribution in [2.24, 2.45) is 0 Å². The highest BCUT2D eigenvalue weighted by Gasteiger charge is 2.16. The average molecular weight is 351 g/mol. The van der Waals surface area contributed by atoms with Crippen molar-refractivity contribution in [1.82, 2.24) is 5.32 Å². The van der Waals surface area contributed by atoms with Gasteiger partial charge in [-0.25, -0.2) is 4.39 Å². The van der Waals surface area contributed by atoms with E-state index in [1.165, 1.54) is 25.3 Å². The molecular formula is C11H11FINO3. The van der Waals surface area contributed by atoms with Crippen molar-refractivity contribution in [1.29, 1.82) is 0 Å². The third kappa shape index (κ3) is 4.29. The van der Waals surface area contributed by atoms with Crippen molar-refractivity contribution in [3.8, 4) is 0 Å². The first-order chi connectivity index (χ1) is 8.04.